The van der Waals surface area contributed by atoms with Crippen LogP contribution in [-0.2, 0) is 0 Å². The Hall–Kier alpha value is -4.39. The van der Waals surface area contributed by atoms with Gasteiger partial charge in [-0.25, -0.2) is 4.39 Å². The topological polar surface area (TPSA) is 135 Å². The number of ether oxygens (including phenoxy) is 1. The Morgan fingerprint density at radius 3 is 2.76 bits per heavy atom. The highest BCUT2D eigenvalue weighted by molar-refractivity contribution is 6.07. The fourth-order valence-corrected chi connectivity index (χ4v) is 3.96. The van der Waals surface area contributed by atoms with E-state index in [1.165, 1.54) is 17.2 Å². The number of halogens is 1. The number of hydrogen-bond donors (Lipinski definition) is 3. The molecule has 1 aliphatic rings. The molecule has 9 nitrogen and oxygen atoms in total. The van der Waals surface area contributed by atoms with Crippen molar-refractivity contribution in [3.63, 3.8) is 0 Å². The molecule has 0 saturated carbocycles. The van der Waals surface area contributed by atoms with E-state index in [4.69, 9.17) is 19.8 Å². The predicted molar refractivity (Wildman–Crippen MR) is 123 cm³/mol. The SMILES string of the molecule is CNC(=O)c1c(C)oc2cc(O/C(=C/C=N)c3[nH]cc(C(=O)N4CC(F)(C#N)C4)c3C)ccc12. The fourth-order valence-electron chi connectivity index (χ4n) is 3.96. The monoisotopic (exact) mass is 463 g/mol. The maximum Gasteiger partial charge on any atom is 0.255 e. The van der Waals surface area contributed by atoms with Gasteiger partial charge in [-0.15, -0.1) is 0 Å². The second-order valence-electron chi connectivity index (χ2n) is 8.01. The molecule has 0 bridgehead atoms. The number of aryl methyl sites for hydroxylation is 1. The van der Waals surface area contributed by atoms with Gasteiger partial charge in [0.15, 0.2) is 5.76 Å². The first-order valence-corrected chi connectivity index (χ1v) is 10.4. The number of alkyl halides is 1. The molecule has 0 atom stereocenters. The van der Waals surface area contributed by atoms with E-state index in [9.17, 15) is 14.0 Å². The molecule has 1 saturated heterocycles. The van der Waals surface area contributed by atoms with Gasteiger partial charge in [-0.3, -0.25) is 9.59 Å². The van der Waals surface area contributed by atoms with Gasteiger partial charge >= 0.3 is 0 Å². The van der Waals surface area contributed by atoms with Gasteiger partial charge in [-0.05, 0) is 31.5 Å². The van der Waals surface area contributed by atoms with Crippen LogP contribution in [0.25, 0.3) is 16.7 Å². The normalized spacial score (nSPS) is 14.9. The second-order valence-corrected chi connectivity index (χ2v) is 8.01. The molecule has 1 aromatic carbocycles. The highest BCUT2D eigenvalue weighted by Gasteiger charge is 2.46. The molecular formula is C24H22FN5O4. The summed E-state index contributed by atoms with van der Waals surface area (Å²) in [4.78, 5) is 29.2. The molecule has 1 fully saturated rings. The van der Waals surface area contributed by atoms with Gasteiger partial charge in [-0.1, -0.05) is 0 Å². The van der Waals surface area contributed by atoms with Crippen molar-refractivity contribution in [1.82, 2.24) is 15.2 Å². The predicted octanol–water partition coefficient (Wildman–Crippen LogP) is 3.49. The third-order valence-electron chi connectivity index (χ3n) is 5.74. The first kappa shape index (κ1) is 22.8. The molecule has 4 rings (SSSR count). The molecule has 2 aromatic heterocycles. The summed E-state index contributed by atoms with van der Waals surface area (Å²) in [7, 11) is 1.55. The Morgan fingerprint density at radius 1 is 1.38 bits per heavy atom. The quantitative estimate of drug-likeness (QED) is 0.380. The lowest BCUT2D eigenvalue weighted by atomic mass is 9.97. The van der Waals surface area contributed by atoms with Crippen LogP contribution in [0.15, 0.2) is 34.9 Å². The highest BCUT2D eigenvalue weighted by Crippen LogP contribution is 2.32. The minimum Gasteiger partial charge on any atom is -0.460 e. The lowest BCUT2D eigenvalue weighted by Gasteiger charge is -2.39. The van der Waals surface area contributed by atoms with Crippen molar-refractivity contribution >= 4 is 34.8 Å². The summed E-state index contributed by atoms with van der Waals surface area (Å²) < 4.78 is 25.6. The van der Waals surface area contributed by atoms with Gasteiger partial charge in [0.25, 0.3) is 11.8 Å². The molecule has 2 amide bonds. The number of likely N-dealkylation sites (tertiary alicyclic amines) is 1. The average molecular weight is 463 g/mol. The summed E-state index contributed by atoms with van der Waals surface area (Å²) in [5.41, 5.74) is 0.262. The van der Waals surface area contributed by atoms with E-state index < -0.39 is 11.6 Å². The zero-order valence-corrected chi connectivity index (χ0v) is 18.8. The Balaban J connectivity index is 1.61. The number of carbonyl (C=O) groups is 2. The maximum absolute atomic E-state index is 13.9. The van der Waals surface area contributed by atoms with Crippen LogP contribution in [0.4, 0.5) is 4.39 Å². The third-order valence-corrected chi connectivity index (χ3v) is 5.74. The van der Waals surface area contributed by atoms with Gasteiger partial charge in [-0.2, -0.15) is 5.26 Å². The first-order chi connectivity index (χ1) is 16.2. The van der Waals surface area contributed by atoms with E-state index in [1.54, 1.807) is 45.2 Å². The van der Waals surface area contributed by atoms with Crippen molar-refractivity contribution < 1.29 is 23.1 Å². The van der Waals surface area contributed by atoms with Gasteiger partial charge in [0.1, 0.15) is 23.2 Å². The lowest BCUT2D eigenvalue weighted by Crippen LogP contribution is -2.60. The second kappa shape index (κ2) is 8.51. The average Bonchev–Trinajstić information content (AvgIpc) is 3.34. The summed E-state index contributed by atoms with van der Waals surface area (Å²) >= 11 is 0. The minimum atomic E-state index is -2.00. The van der Waals surface area contributed by atoms with Crippen LogP contribution in [0.2, 0.25) is 0 Å². The van der Waals surface area contributed by atoms with Crippen LogP contribution >= 0.6 is 0 Å². The molecule has 3 aromatic rings. The van der Waals surface area contributed by atoms with E-state index >= 15 is 0 Å². The molecule has 0 spiro atoms. The summed E-state index contributed by atoms with van der Waals surface area (Å²) in [5.74, 6) is 0.507. The Morgan fingerprint density at radius 2 is 2.12 bits per heavy atom. The van der Waals surface area contributed by atoms with E-state index in [1.807, 2.05) is 0 Å². The fraction of sp³-hybridized carbons (Fsp3) is 0.250. The van der Waals surface area contributed by atoms with Gasteiger partial charge < -0.3 is 29.8 Å². The molecule has 0 aliphatic carbocycles. The molecule has 0 radical (unpaired) electrons. The van der Waals surface area contributed by atoms with Crippen LogP contribution in [0, 0.1) is 30.6 Å². The number of benzene rings is 1. The highest BCUT2D eigenvalue weighted by atomic mass is 19.1. The van der Waals surface area contributed by atoms with Crippen LogP contribution in [0.1, 0.15) is 37.7 Å². The Bertz CT molecular complexity index is 1390. The number of nitrogens with zero attached hydrogens (tertiary/aromatic N) is 2. The third kappa shape index (κ3) is 3.81. The molecule has 174 valence electrons. The summed E-state index contributed by atoms with van der Waals surface area (Å²) in [6.45, 7) is 2.86. The number of hydrogen-bond acceptors (Lipinski definition) is 6. The summed E-state index contributed by atoms with van der Waals surface area (Å²) in [6, 6.07) is 6.60. The molecule has 3 heterocycles. The Labute approximate surface area is 194 Å². The van der Waals surface area contributed by atoms with E-state index in [-0.39, 0.29) is 24.8 Å². The van der Waals surface area contributed by atoms with Crippen molar-refractivity contribution in [2.24, 2.45) is 0 Å². The van der Waals surface area contributed by atoms with E-state index in [2.05, 4.69) is 10.3 Å². The number of H-pyrrole nitrogens is 1. The summed E-state index contributed by atoms with van der Waals surface area (Å²) in [5, 5.41) is 19.6. The number of furan rings is 1. The van der Waals surface area contributed by atoms with Crippen molar-refractivity contribution in [3.8, 4) is 11.8 Å². The molecule has 34 heavy (non-hydrogen) atoms. The molecule has 10 heteroatoms. The molecule has 1 aliphatic heterocycles. The van der Waals surface area contributed by atoms with Crippen LogP contribution in [-0.4, -0.2) is 53.7 Å². The van der Waals surface area contributed by atoms with Gasteiger partial charge in [0.05, 0.1) is 29.9 Å². The molecular weight excluding hydrogens is 441 g/mol. The van der Waals surface area contributed by atoms with Crippen LogP contribution in [0.5, 0.6) is 5.75 Å². The first-order valence-electron chi connectivity index (χ1n) is 10.4. The zero-order valence-electron chi connectivity index (χ0n) is 18.8. The number of rotatable bonds is 6. The molecule has 3 N–H and O–H groups in total. The largest absolute Gasteiger partial charge is 0.460 e. The van der Waals surface area contributed by atoms with Crippen molar-refractivity contribution in [1.29, 1.82) is 10.7 Å². The number of carbonyl (C=O) groups excluding carboxylic acids is 2. The van der Waals surface area contributed by atoms with Crippen molar-refractivity contribution in [3.05, 3.63) is 58.6 Å². The maximum atomic E-state index is 13.9. The van der Waals surface area contributed by atoms with Crippen molar-refractivity contribution in [2.45, 2.75) is 19.5 Å². The number of aromatic nitrogens is 1. The Kier molecular flexibility index (Phi) is 5.71. The minimum absolute atomic E-state index is 0.254. The van der Waals surface area contributed by atoms with Gasteiger partial charge in [0, 0.05) is 37.0 Å². The number of fused-ring (bicyclic) bond motifs is 1. The smallest absolute Gasteiger partial charge is 0.255 e. The van der Waals surface area contributed by atoms with Crippen LogP contribution < -0.4 is 10.1 Å². The zero-order chi connectivity index (χ0) is 24.6. The number of nitriles is 1. The van der Waals surface area contributed by atoms with E-state index in [0.29, 0.717) is 44.9 Å². The van der Waals surface area contributed by atoms with Gasteiger partial charge in [0.2, 0.25) is 5.67 Å². The van der Waals surface area contributed by atoms with Crippen molar-refractivity contribution in [2.75, 3.05) is 20.1 Å². The molecule has 0 unspecified atom stereocenters. The number of nitrogens with one attached hydrogen (secondary N) is 3. The standard InChI is InChI=1S/C24H22FN5O4/c1-13-17(23(32)30-11-24(25,10-27)12-30)9-29-21(13)18(6-7-26)34-15-4-5-16-19(8-15)33-14(2)20(16)22(31)28-3/h4-9,26,29H,11-12H2,1-3H3,(H,28,31)/b18-6+,26-7?. The summed E-state index contributed by atoms with van der Waals surface area (Å²) in [6.07, 6.45) is 3.97. The van der Waals surface area contributed by atoms with E-state index in [0.717, 1.165) is 6.21 Å². The number of aromatic amines is 1. The lowest BCUT2D eigenvalue weighted by molar-refractivity contribution is 0.0123. The number of allylic oxidation sites excluding steroid dienone is 1. The van der Waals surface area contributed by atoms with Crippen LogP contribution in [0.3, 0.4) is 0 Å². The number of amides is 2.